The van der Waals surface area contributed by atoms with Crippen molar-refractivity contribution in [1.29, 1.82) is 0 Å². The van der Waals surface area contributed by atoms with Gasteiger partial charge in [-0.1, -0.05) is 18.2 Å². The molecular formula is C21H30N2O4. The molecule has 6 heteroatoms. The predicted octanol–water partition coefficient (Wildman–Crippen LogP) is 2.25. The van der Waals surface area contributed by atoms with Crippen molar-refractivity contribution in [3.05, 3.63) is 29.8 Å². The van der Waals surface area contributed by atoms with E-state index in [1.165, 1.54) is 0 Å². The second-order valence-electron chi connectivity index (χ2n) is 7.71. The maximum Gasteiger partial charge on any atom is 0.260 e. The zero-order chi connectivity index (χ0) is 19.4. The number of benzene rings is 1. The number of amides is 2. The van der Waals surface area contributed by atoms with Crippen LogP contribution in [-0.4, -0.2) is 66.6 Å². The molecule has 0 unspecified atom stereocenters. The first-order chi connectivity index (χ1) is 12.9. The maximum atomic E-state index is 12.8. The van der Waals surface area contributed by atoms with Gasteiger partial charge in [0.25, 0.3) is 5.91 Å². The monoisotopic (exact) mass is 374 g/mol. The van der Waals surface area contributed by atoms with Crippen LogP contribution < -0.4 is 4.74 Å². The number of likely N-dealkylation sites (tertiary alicyclic amines) is 1. The summed E-state index contributed by atoms with van der Waals surface area (Å²) >= 11 is 0. The van der Waals surface area contributed by atoms with Gasteiger partial charge >= 0.3 is 0 Å². The number of nitrogens with zero attached hydrogens (tertiary/aromatic N) is 2. The van der Waals surface area contributed by atoms with Crippen LogP contribution in [0.15, 0.2) is 24.3 Å². The molecule has 2 amide bonds. The predicted molar refractivity (Wildman–Crippen MR) is 103 cm³/mol. The smallest absolute Gasteiger partial charge is 0.260 e. The Kier molecular flexibility index (Phi) is 6.37. The topological polar surface area (TPSA) is 59.1 Å². The highest BCUT2D eigenvalue weighted by atomic mass is 16.5. The molecule has 0 spiro atoms. The van der Waals surface area contributed by atoms with E-state index in [1.54, 1.807) is 0 Å². The third-order valence-corrected chi connectivity index (χ3v) is 5.37. The number of para-hydroxylation sites is 1. The second-order valence-corrected chi connectivity index (χ2v) is 7.71. The number of aryl methyl sites for hydroxylation is 1. The third kappa shape index (κ3) is 5.01. The van der Waals surface area contributed by atoms with Crippen LogP contribution >= 0.6 is 0 Å². The molecule has 0 radical (unpaired) electrons. The van der Waals surface area contributed by atoms with Crippen LogP contribution in [-0.2, 0) is 14.3 Å². The normalized spacial score (nSPS) is 24.0. The first-order valence-electron chi connectivity index (χ1n) is 9.84. The summed E-state index contributed by atoms with van der Waals surface area (Å²) in [6.07, 6.45) is 1.60. The average molecular weight is 374 g/mol. The number of piperidine rings is 1. The lowest BCUT2D eigenvalue weighted by Crippen LogP contribution is -2.52. The van der Waals surface area contributed by atoms with E-state index in [2.05, 4.69) is 0 Å². The number of ether oxygens (including phenoxy) is 2. The summed E-state index contributed by atoms with van der Waals surface area (Å²) in [4.78, 5) is 29.0. The van der Waals surface area contributed by atoms with Gasteiger partial charge in [0, 0.05) is 32.1 Å². The van der Waals surface area contributed by atoms with Gasteiger partial charge in [-0.05, 0) is 45.2 Å². The largest absolute Gasteiger partial charge is 0.484 e. The molecule has 6 nitrogen and oxygen atoms in total. The summed E-state index contributed by atoms with van der Waals surface area (Å²) in [6, 6.07) is 7.68. The molecule has 0 bridgehead atoms. The molecule has 2 saturated heterocycles. The molecule has 0 saturated carbocycles. The molecule has 2 heterocycles. The van der Waals surface area contributed by atoms with Crippen molar-refractivity contribution < 1.29 is 19.1 Å². The Hall–Kier alpha value is -2.08. The summed E-state index contributed by atoms with van der Waals surface area (Å²) < 4.78 is 11.4. The fourth-order valence-electron chi connectivity index (χ4n) is 3.94. The van der Waals surface area contributed by atoms with Gasteiger partial charge in [-0.2, -0.15) is 0 Å². The molecule has 0 aromatic heterocycles. The van der Waals surface area contributed by atoms with Gasteiger partial charge in [0.2, 0.25) is 5.91 Å². The Morgan fingerprint density at radius 2 is 1.70 bits per heavy atom. The van der Waals surface area contributed by atoms with Crippen LogP contribution in [0.3, 0.4) is 0 Å². The Labute approximate surface area is 161 Å². The molecule has 2 fully saturated rings. The van der Waals surface area contributed by atoms with E-state index in [4.69, 9.17) is 9.47 Å². The highest BCUT2D eigenvalue weighted by Crippen LogP contribution is 2.23. The highest BCUT2D eigenvalue weighted by Gasteiger charge is 2.33. The van der Waals surface area contributed by atoms with Crippen LogP contribution in [0.25, 0.3) is 0 Å². The summed E-state index contributed by atoms with van der Waals surface area (Å²) in [7, 11) is 0. The number of carbonyl (C=O) groups is 2. The number of hydrogen-bond donors (Lipinski definition) is 0. The molecule has 0 aliphatic carbocycles. The minimum absolute atomic E-state index is 0.00355. The minimum atomic E-state index is -0.0160. The number of hydrogen-bond acceptors (Lipinski definition) is 4. The van der Waals surface area contributed by atoms with Crippen LogP contribution in [0.2, 0.25) is 0 Å². The van der Waals surface area contributed by atoms with Gasteiger partial charge in [-0.25, -0.2) is 0 Å². The van der Waals surface area contributed by atoms with Crippen molar-refractivity contribution in [1.82, 2.24) is 9.80 Å². The number of morpholine rings is 1. The number of rotatable bonds is 4. The molecule has 3 rings (SSSR count). The third-order valence-electron chi connectivity index (χ3n) is 5.37. The molecule has 2 aliphatic heterocycles. The van der Waals surface area contributed by atoms with Gasteiger partial charge in [0.15, 0.2) is 6.61 Å². The van der Waals surface area contributed by atoms with Crippen molar-refractivity contribution >= 4 is 11.8 Å². The minimum Gasteiger partial charge on any atom is -0.484 e. The second kappa shape index (κ2) is 8.74. The van der Waals surface area contributed by atoms with Crippen LogP contribution in [0.5, 0.6) is 5.75 Å². The van der Waals surface area contributed by atoms with E-state index in [0.717, 1.165) is 24.2 Å². The summed E-state index contributed by atoms with van der Waals surface area (Å²) in [6.45, 7) is 8.56. The van der Waals surface area contributed by atoms with E-state index >= 15 is 0 Å². The van der Waals surface area contributed by atoms with Gasteiger partial charge in [0.05, 0.1) is 12.2 Å². The first-order valence-corrected chi connectivity index (χ1v) is 9.84. The van der Waals surface area contributed by atoms with Crippen molar-refractivity contribution in [3.8, 4) is 5.75 Å². The van der Waals surface area contributed by atoms with Gasteiger partial charge < -0.3 is 19.3 Å². The molecule has 1 aromatic rings. The summed E-state index contributed by atoms with van der Waals surface area (Å²) in [5, 5.41) is 0. The average Bonchev–Trinajstić information content (AvgIpc) is 2.66. The molecular weight excluding hydrogens is 344 g/mol. The van der Waals surface area contributed by atoms with E-state index < -0.39 is 0 Å². The lowest BCUT2D eigenvalue weighted by atomic mass is 9.94. The Bertz CT molecular complexity index is 660. The molecule has 1 aromatic carbocycles. The van der Waals surface area contributed by atoms with Crippen molar-refractivity contribution in [2.75, 3.05) is 32.8 Å². The van der Waals surface area contributed by atoms with Crippen molar-refractivity contribution in [2.45, 2.75) is 45.8 Å². The first kappa shape index (κ1) is 19.7. The van der Waals surface area contributed by atoms with E-state index in [0.29, 0.717) is 26.2 Å². The Balaban J connectivity index is 1.46. The fraction of sp³-hybridized carbons (Fsp3) is 0.619. The summed E-state index contributed by atoms with van der Waals surface area (Å²) in [5.41, 5.74) is 1.02. The van der Waals surface area contributed by atoms with Crippen molar-refractivity contribution in [3.63, 3.8) is 0 Å². The van der Waals surface area contributed by atoms with Crippen LogP contribution in [0.4, 0.5) is 0 Å². The SMILES string of the molecule is Cc1ccccc1OCC(=O)N1CCC(C(=O)N2C[C@@H](C)O[C@@H](C)C2)CC1. The molecule has 148 valence electrons. The van der Waals surface area contributed by atoms with Gasteiger partial charge in [-0.15, -0.1) is 0 Å². The molecule has 2 aliphatic rings. The lowest BCUT2D eigenvalue weighted by Gasteiger charge is -2.39. The quantitative estimate of drug-likeness (QED) is 0.811. The highest BCUT2D eigenvalue weighted by molar-refractivity contribution is 5.81. The lowest BCUT2D eigenvalue weighted by molar-refractivity contribution is -0.150. The zero-order valence-electron chi connectivity index (χ0n) is 16.5. The summed E-state index contributed by atoms with van der Waals surface area (Å²) in [5.74, 6) is 0.938. The standard InChI is InChI=1S/C21H30N2O4/c1-15-6-4-5-7-19(15)26-14-20(24)22-10-8-18(9-11-22)21(25)23-12-16(2)27-17(3)13-23/h4-7,16-18H,8-14H2,1-3H3/t16-,17+. The Morgan fingerprint density at radius 1 is 1.07 bits per heavy atom. The van der Waals surface area contributed by atoms with Gasteiger partial charge in [-0.3, -0.25) is 9.59 Å². The zero-order valence-corrected chi connectivity index (χ0v) is 16.5. The van der Waals surface area contributed by atoms with Crippen LogP contribution in [0, 0.1) is 12.8 Å². The molecule has 2 atom stereocenters. The molecule has 27 heavy (non-hydrogen) atoms. The van der Waals surface area contributed by atoms with Gasteiger partial charge in [0.1, 0.15) is 5.75 Å². The van der Waals surface area contributed by atoms with E-state index in [1.807, 2.05) is 54.8 Å². The van der Waals surface area contributed by atoms with Crippen LogP contribution in [0.1, 0.15) is 32.3 Å². The maximum absolute atomic E-state index is 12.8. The molecule has 0 N–H and O–H groups in total. The number of carbonyl (C=O) groups excluding carboxylic acids is 2. The van der Waals surface area contributed by atoms with E-state index in [-0.39, 0.29) is 36.5 Å². The van der Waals surface area contributed by atoms with Crippen molar-refractivity contribution in [2.24, 2.45) is 5.92 Å². The fourth-order valence-corrected chi connectivity index (χ4v) is 3.94. The van der Waals surface area contributed by atoms with E-state index in [9.17, 15) is 9.59 Å². The Morgan fingerprint density at radius 3 is 2.33 bits per heavy atom.